The van der Waals surface area contributed by atoms with Gasteiger partial charge in [-0.05, 0) is 50.9 Å². The first-order chi connectivity index (χ1) is 11.6. The van der Waals surface area contributed by atoms with E-state index in [-0.39, 0.29) is 11.9 Å². The fraction of sp³-hybridized carbons (Fsp3) is 0.421. The van der Waals surface area contributed by atoms with E-state index >= 15 is 0 Å². The highest BCUT2D eigenvalue weighted by molar-refractivity contribution is 5.95. The van der Waals surface area contributed by atoms with Crippen LogP contribution in [-0.2, 0) is 0 Å². The van der Waals surface area contributed by atoms with Gasteiger partial charge in [-0.3, -0.25) is 9.69 Å². The summed E-state index contributed by atoms with van der Waals surface area (Å²) in [5.41, 5.74) is 2.55. The van der Waals surface area contributed by atoms with Crippen molar-refractivity contribution in [3.05, 3.63) is 48.5 Å². The van der Waals surface area contributed by atoms with Crippen LogP contribution < -0.4 is 5.32 Å². The molecular formula is C19H24N4O. The molecule has 126 valence electrons. The van der Waals surface area contributed by atoms with E-state index < -0.39 is 0 Å². The number of nitrogens with zero attached hydrogens (tertiary/aromatic N) is 3. The molecule has 1 aromatic heterocycles. The summed E-state index contributed by atoms with van der Waals surface area (Å²) in [5.74, 6) is -0.00990. The van der Waals surface area contributed by atoms with Gasteiger partial charge in [-0.2, -0.15) is 0 Å². The monoisotopic (exact) mass is 324 g/mol. The van der Waals surface area contributed by atoms with Crippen molar-refractivity contribution < 1.29 is 4.79 Å². The molecule has 2 heterocycles. The van der Waals surface area contributed by atoms with Crippen molar-refractivity contribution in [2.75, 3.05) is 13.1 Å². The molecule has 1 saturated heterocycles. The fourth-order valence-corrected chi connectivity index (χ4v) is 3.15. The summed E-state index contributed by atoms with van der Waals surface area (Å²) in [7, 11) is 0. The summed E-state index contributed by atoms with van der Waals surface area (Å²) in [5, 5.41) is 3.19. The zero-order valence-electron chi connectivity index (χ0n) is 14.3. The summed E-state index contributed by atoms with van der Waals surface area (Å²) in [6.45, 7) is 6.45. The van der Waals surface area contributed by atoms with Crippen molar-refractivity contribution in [3.63, 3.8) is 0 Å². The van der Waals surface area contributed by atoms with Crippen LogP contribution in [0.3, 0.4) is 0 Å². The molecule has 1 N–H and O–H groups in total. The SMILES string of the molecule is CC(C)N1CCC[C@@H](NC(=O)c2cccc(-c3cncnc3)c2)C1. The van der Waals surface area contributed by atoms with Crippen LogP contribution in [0.1, 0.15) is 37.0 Å². The minimum absolute atomic E-state index is 0.00990. The molecule has 0 aliphatic carbocycles. The van der Waals surface area contributed by atoms with E-state index in [1.807, 2.05) is 24.3 Å². The van der Waals surface area contributed by atoms with Gasteiger partial charge in [0.2, 0.25) is 0 Å². The van der Waals surface area contributed by atoms with Gasteiger partial charge in [0.05, 0.1) is 0 Å². The first kappa shape index (κ1) is 16.6. The number of piperidine rings is 1. The molecule has 0 spiro atoms. The van der Waals surface area contributed by atoms with Gasteiger partial charge < -0.3 is 5.32 Å². The maximum atomic E-state index is 12.6. The first-order valence-electron chi connectivity index (χ1n) is 8.54. The number of hydrogen-bond acceptors (Lipinski definition) is 4. The van der Waals surface area contributed by atoms with E-state index in [1.54, 1.807) is 12.4 Å². The molecule has 1 aliphatic heterocycles. The van der Waals surface area contributed by atoms with Crippen molar-refractivity contribution in [1.82, 2.24) is 20.2 Å². The summed E-state index contributed by atoms with van der Waals surface area (Å²) < 4.78 is 0. The highest BCUT2D eigenvalue weighted by Crippen LogP contribution is 2.19. The lowest BCUT2D eigenvalue weighted by atomic mass is 10.0. The van der Waals surface area contributed by atoms with Crippen LogP contribution in [-0.4, -0.2) is 45.9 Å². The number of benzene rings is 1. The molecule has 0 unspecified atom stereocenters. The number of nitrogens with one attached hydrogen (secondary N) is 1. The molecule has 1 amide bonds. The first-order valence-corrected chi connectivity index (χ1v) is 8.54. The second-order valence-electron chi connectivity index (χ2n) is 6.61. The lowest BCUT2D eigenvalue weighted by molar-refractivity contribution is 0.0886. The molecule has 0 radical (unpaired) electrons. The number of carbonyl (C=O) groups excluding carboxylic acids is 1. The van der Waals surface area contributed by atoms with E-state index in [0.717, 1.165) is 37.1 Å². The topological polar surface area (TPSA) is 58.1 Å². The minimum Gasteiger partial charge on any atom is -0.348 e. The molecular weight excluding hydrogens is 300 g/mol. The molecule has 1 fully saturated rings. The number of hydrogen-bond donors (Lipinski definition) is 1. The highest BCUT2D eigenvalue weighted by atomic mass is 16.1. The predicted molar refractivity (Wildman–Crippen MR) is 94.7 cm³/mol. The van der Waals surface area contributed by atoms with Crippen LogP contribution in [0.15, 0.2) is 43.0 Å². The van der Waals surface area contributed by atoms with Gasteiger partial charge in [-0.25, -0.2) is 9.97 Å². The Bertz CT molecular complexity index is 687. The third kappa shape index (κ3) is 3.97. The second kappa shape index (κ2) is 7.53. The molecule has 0 saturated carbocycles. The van der Waals surface area contributed by atoms with Crippen molar-refractivity contribution in [1.29, 1.82) is 0 Å². The van der Waals surface area contributed by atoms with Crippen LogP contribution in [0.5, 0.6) is 0 Å². The van der Waals surface area contributed by atoms with Gasteiger partial charge >= 0.3 is 0 Å². The van der Waals surface area contributed by atoms with Crippen LogP contribution in [0.2, 0.25) is 0 Å². The largest absolute Gasteiger partial charge is 0.348 e. The number of likely N-dealkylation sites (tertiary alicyclic amines) is 1. The van der Waals surface area contributed by atoms with Crippen LogP contribution in [0.4, 0.5) is 0 Å². The summed E-state index contributed by atoms with van der Waals surface area (Å²) in [6.07, 6.45) is 7.19. The zero-order valence-corrected chi connectivity index (χ0v) is 14.3. The Hall–Kier alpha value is -2.27. The molecule has 1 atom stereocenters. The van der Waals surface area contributed by atoms with Gasteiger partial charge in [0.15, 0.2) is 0 Å². The Kier molecular flexibility index (Phi) is 5.20. The number of amides is 1. The molecule has 1 aromatic carbocycles. The Morgan fingerprint density at radius 3 is 2.79 bits per heavy atom. The van der Waals surface area contributed by atoms with Gasteiger partial charge in [-0.15, -0.1) is 0 Å². The van der Waals surface area contributed by atoms with Crippen molar-refractivity contribution >= 4 is 5.91 Å². The summed E-state index contributed by atoms with van der Waals surface area (Å²) >= 11 is 0. The fourth-order valence-electron chi connectivity index (χ4n) is 3.15. The standard InChI is InChI=1S/C19H24N4O/c1-14(2)23-8-4-7-18(12-23)22-19(24)16-6-3-5-15(9-16)17-10-20-13-21-11-17/h3,5-6,9-11,13-14,18H,4,7-8,12H2,1-2H3,(H,22,24)/t18-/m1/s1. The van der Waals surface area contributed by atoms with E-state index in [9.17, 15) is 4.79 Å². The van der Waals surface area contributed by atoms with E-state index in [2.05, 4.69) is 34.0 Å². The third-order valence-electron chi connectivity index (χ3n) is 4.54. The van der Waals surface area contributed by atoms with Crippen molar-refractivity contribution in [3.8, 4) is 11.1 Å². The van der Waals surface area contributed by atoms with Crippen molar-refractivity contribution in [2.45, 2.75) is 38.8 Å². The quantitative estimate of drug-likeness (QED) is 0.939. The maximum absolute atomic E-state index is 12.6. The van der Waals surface area contributed by atoms with Crippen LogP contribution >= 0.6 is 0 Å². The Labute approximate surface area is 143 Å². The number of rotatable bonds is 4. The van der Waals surface area contributed by atoms with E-state index in [0.29, 0.717) is 11.6 Å². The predicted octanol–water partition coefficient (Wildman–Crippen LogP) is 2.75. The molecule has 24 heavy (non-hydrogen) atoms. The maximum Gasteiger partial charge on any atom is 0.251 e. The molecule has 5 nitrogen and oxygen atoms in total. The van der Waals surface area contributed by atoms with Crippen molar-refractivity contribution in [2.24, 2.45) is 0 Å². The van der Waals surface area contributed by atoms with Gasteiger partial charge in [-0.1, -0.05) is 12.1 Å². The zero-order chi connectivity index (χ0) is 16.9. The smallest absolute Gasteiger partial charge is 0.251 e. The molecule has 0 bridgehead atoms. The Morgan fingerprint density at radius 2 is 2.04 bits per heavy atom. The normalized spacial score (nSPS) is 18.5. The lowest BCUT2D eigenvalue weighted by Gasteiger charge is -2.35. The van der Waals surface area contributed by atoms with Gasteiger partial charge in [0.1, 0.15) is 6.33 Å². The molecule has 2 aromatic rings. The summed E-state index contributed by atoms with van der Waals surface area (Å²) in [6, 6.07) is 8.36. The van der Waals surface area contributed by atoms with Gasteiger partial charge in [0.25, 0.3) is 5.91 Å². The molecule has 3 rings (SSSR count). The Balaban J connectivity index is 1.69. The minimum atomic E-state index is -0.00990. The average molecular weight is 324 g/mol. The third-order valence-corrected chi connectivity index (χ3v) is 4.54. The van der Waals surface area contributed by atoms with Gasteiger partial charge in [0, 0.05) is 42.1 Å². The number of aromatic nitrogens is 2. The van der Waals surface area contributed by atoms with E-state index in [1.165, 1.54) is 6.33 Å². The molecule has 5 heteroatoms. The molecule has 1 aliphatic rings. The van der Waals surface area contributed by atoms with Crippen LogP contribution in [0.25, 0.3) is 11.1 Å². The summed E-state index contributed by atoms with van der Waals surface area (Å²) in [4.78, 5) is 23.1. The Morgan fingerprint density at radius 1 is 1.25 bits per heavy atom. The van der Waals surface area contributed by atoms with Crippen LogP contribution in [0, 0.1) is 0 Å². The lowest BCUT2D eigenvalue weighted by Crippen LogP contribution is -2.49. The van der Waals surface area contributed by atoms with E-state index in [4.69, 9.17) is 0 Å². The second-order valence-corrected chi connectivity index (χ2v) is 6.61. The highest BCUT2D eigenvalue weighted by Gasteiger charge is 2.23. The average Bonchev–Trinajstić information content (AvgIpc) is 2.63. The number of carbonyl (C=O) groups is 1.